The molecule has 0 unspecified atom stereocenters. The number of aryl methyl sites for hydroxylation is 2. The van der Waals surface area contributed by atoms with Gasteiger partial charge in [0.05, 0.1) is 41.5 Å². The largest absolute Gasteiger partial charge is 0.495 e. The second kappa shape index (κ2) is 10.3. The summed E-state index contributed by atoms with van der Waals surface area (Å²) in [5, 5.41) is 6.67. The average Bonchev–Trinajstić information content (AvgIpc) is 4.01. The molecular formula is C38H34ClN7O3. The number of hydrogen-bond donors (Lipinski definition) is 4. The van der Waals surface area contributed by atoms with E-state index in [2.05, 4.69) is 41.6 Å². The number of amides is 2. The fourth-order valence-electron chi connectivity index (χ4n) is 8.50. The molecule has 0 bridgehead atoms. The first-order valence-electron chi connectivity index (χ1n) is 17.1. The predicted molar refractivity (Wildman–Crippen MR) is 184 cm³/mol. The fourth-order valence-corrected chi connectivity index (χ4v) is 8.65. The SMILES string of the molecule is COc1cncc(-c2cc3c(cn2)CCc2c-3[nH]c3c2C(=O)NCC32CC2)c1.O=C1NCC2(CC2)c2[nH]c3c(c21)CCc1cnc(Cl)cc1-3. The standard InChI is InChI=1S/C22H20N4O2.C16H14ClN3O/c1-28-14-6-13(8-23-10-14)17-7-16-12(9-24-17)2-3-15-18-20(26-19(15)16)22(4-5-22)11-25-21(18)27;17-11-5-10-8(6-18-11)1-2-9-12-14(20-13(9)10)16(3-4-16)7-19-15(12)21/h6-10,26H,2-5,11H2,1H3,(H,25,27);5-6,20H,1-4,7H2,(H,19,21). The molecule has 2 amide bonds. The van der Waals surface area contributed by atoms with Crippen molar-refractivity contribution < 1.29 is 14.3 Å². The van der Waals surface area contributed by atoms with E-state index in [0.717, 1.165) is 132 Å². The van der Waals surface area contributed by atoms with Gasteiger partial charge in [-0.1, -0.05) is 11.6 Å². The van der Waals surface area contributed by atoms with E-state index in [9.17, 15) is 9.59 Å². The number of pyridine rings is 3. The second-order valence-electron chi connectivity index (χ2n) is 14.4. The van der Waals surface area contributed by atoms with Gasteiger partial charge in [-0.3, -0.25) is 19.6 Å². The zero-order valence-electron chi connectivity index (χ0n) is 27.1. The Labute approximate surface area is 287 Å². The highest BCUT2D eigenvalue weighted by molar-refractivity contribution is 6.29. The molecule has 246 valence electrons. The van der Waals surface area contributed by atoms with Gasteiger partial charge in [-0.15, -0.1) is 0 Å². The number of halogens is 1. The molecule has 49 heavy (non-hydrogen) atoms. The smallest absolute Gasteiger partial charge is 0.253 e. The molecule has 11 heteroatoms. The van der Waals surface area contributed by atoms with Crippen molar-refractivity contribution in [1.82, 2.24) is 35.6 Å². The van der Waals surface area contributed by atoms with Crippen LogP contribution in [0.15, 0.2) is 43.0 Å². The van der Waals surface area contributed by atoms with Crippen molar-refractivity contribution in [3.63, 3.8) is 0 Å². The Morgan fingerprint density at radius 2 is 1.29 bits per heavy atom. The quantitative estimate of drug-likeness (QED) is 0.180. The number of hydrogen-bond acceptors (Lipinski definition) is 6. The van der Waals surface area contributed by atoms with E-state index in [1.54, 1.807) is 19.5 Å². The van der Waals surface area contributed by atoms with Crippen LogP contribution in [-0.4, -0.2) is 56.9 Å². The van der Waals surface area contributed by atoms with Crippen LogP contribution in [0.3, 0.4) is 0 Å². The highest BCUT2D eigenvalue weighted by Crippen LogP contribution is 2.54. The number of methoxy groups -OCH3 is 1. The lowest BCUT2D eigenvalue weighted by Gasteiger charge is -2.23. The van der Waals surface area contributed by atoms with Crippen molar-refractivity contribution in [3.05, 3.63) is 92.9 Å². The summed E-state index contributed by atoms with van der Waals surface area (Å²) >= 11 is 6.06. The number of aromatic nitrogens is 5. The Morgan fingerprint density at radius 1 is 0.714 bits per heavy atom. The van der Waals surface area contributed by atoms with E-state index < -0.39 is 0 Å². The van der Waals surface area contributed by atoms with Gasteiger partial charge in [-0.25, -0.2) is 4.98 Å². The Hall–Kier alpha value is -4.96. The van der Waals surface area contributed by atoms with Gasteiger partial charge in [-0.2, -0.15) is 0 Å². The minimum Gasteiger partial charge on any atom is -0.495 e. The molecule has 5 aromatic heterocycles. The van der Waals surface area contributed by atoms with Crippen LogP contribution in [0.5, 0.6) is 5.75 Å². The van der Waals surface area contributed by atoms with Crippen LogP contribution >= 0.6 is 11.6 Å². The third-order valence-corrected chi connectivity index (χ3v) is 11.8. The van der Waals surface area contributed by atoms with Crippen molar-refractivity contribution in [2.24, 2.45) is 0 Å². The zero-order valence-corrected chi connectivity index (χ0v) is 27.8. The van der Waals surface area contributed by atoms with Crippen LogP contribution in [-0.2, 0) is 36.5 Å². The molecule has 11 rings (SSSR count). The summed E-state index contributed by atoms with van der Waals surface area (Å²) in [7, 11) is 1.63. The number of carbonyl (C=O) groups excluding carboxylic acids is 2. The summed E-state index contributed by atoms with van der Waals surface area (Å²) in [6.45, 7) is 1.52. The Bertz CT molecular complexity index is 2260. The van der Waals surface area contributed by atoms with Crippen molar-refractivity contribution >= 4 is 23.4 Å². The molecule has 7 heterocycles. The normalized spacial score (nSPS) is 19.1. The lowest BCUT2D eigenvalue weighted by atomic mass is 9.86. The van der Waals surface area contributed by atoms with Gasteiger partial charge in [0.25, 0.3) is 11.8 Å². The molecule has 2 fully saturated rings. The minimum atomic E-state index is 0.0692. The van der Waals surface area contributed by atoms with Gasteiger partial charge in [0.1, 0.15) is 10.9 Å². The maximum atomic E-state index is 12.6. The molecule has 0 saturated heterocycles. The monoisotopic (exact) mass is 671 g/mol. The highest BCUT2D eigenvalue weighted by Gasteiger charge is 2.53. The van der Waals surface area contributed by atoms with Crippen LogP contribution in [0.4, 0.5) is 0 Å². The molecule has 2 aliphatic heterocycles. The number of nitrogens with zero attached hydrogens (tertiary/aromatic N) is 3. The van der Waals surface area contributed by atoms with E-state index in [1.807, 2.05) is 24.5 Å². The maximum Gasteiger partial charge on any atom is 0.253 e. The second-order valence-corrected chi connectivity index (χ2v) is 14.8. The van der Waals surface area contributed by atoms with Crippen molar-refractivity contribution in [3.8, 4) is 39.5 Å². The zero-order chi connectivity index (χ0) is 33.1. The van der Waals surface area contributed by atoms with Gasteiger partial charge in [0.2, 0.25) is 0 Å². The number of carbonyl (C=O) groups is 2. The number of aromatic amines is 2. The molecule has 6 aliphatic rings. The summed E-state index contributed by atoms with van der Waals surface area (Å²) < 4.78 is 5.30. The molecule has 10 nitrogen and oxygen atoms in total. The predicted octanol–water partition coefficient (Wildman–Crippen LogP) is 5.62. The van der Waals surface area contributed by atoms with Gasteiger partial charge in [0, 0.05) is 70.6 Å². The summed E-state index contributed by atoms with van der Waals surface area (Å²) in [4.78, 5) is 45.3. The van der Waals surface area contributed by atoms with E-state index >= 15 is 0 Å². The Balaban J connectivity index is 0.000000130. The minimum absolute atomic E-state index is 0.0692. The summed E-state index contributed by atoms with van der Waals surface area (Å²) in [6.07, 6.45) is 15.5. The molecule has 5 aromatic rings. The molecule has 0 aromatic carbocycles. The van der Waals surface area contributed by atoms with Gasteiger partial charge < -0.3 is 25.3 Å². The highest BCUT2D eigenvalue weighted by atomic mass is 35.5. The Kier molecular flexibility index (Phi) is 6.08. The number of nitrogens with one attached hydrogen (secondary N) is 4. The fraction of sp³-hybridized carbons (Fsp3) is 0.342. The maximum absolute atomic E-state index is 12.6. The van der Waals surface area contributed by atoms with E-state index in [0.29, 0.717) is 10.9 Å². The van der Waals surface area contributed by atoms with Gasteiger partial charge >= 0.3 is 0 Å². The average molecular weight is 672 g/mol. The van der Waals surface area contributed by atoms with Crippen LogP contribution in [0, 0.1) is 0 Å². The first-order chi connectivity index (χ1) is 23.9. The van der Waals surface area contributed by atoms with Crippen molar-refractivity contribution in [1.29, 1.82) is 0 Å². The number of H-pyrrole nitrogens is 2. The van der Waals surface area contributed by atoms with Crippen LogP contribution in [0.2, 0.25) is 5.15 Å². The molecule has 0 radical (unpaired) electrons. The third-order valence-electron chi connectivity index (χ3n) is 11.6. The number of rotatable bonds is 2. The molecule has 2 saturated carbocycles. The van der Waals surface area contributed by atoms with Crippen molar-refractivity contribution in [2.75, 3.05) is 20.2 Å². The lowest BCUT2D eigenvalue weighted by Crippen LogP contribution is -2.39. The first kappa shape index (κ1) is 29.0. The molecule has 4 aliphatic carbocycles. The Morgan fingerprint density at radius 3 is 1.86 bits per heavy atom. The first-order valence-corrected chi connectivity index (χ1v) is 17.4. The van der Waals surface area contributed by atoms with Crippen LogP contribution < -0.4 is 15.4 Å². The van der Waals surface area contributed by atoms with Gasteiger partial charge in [-0.05, 0) is 91.8 Å². The summed E-state index contributed by atoms with van der Waals surface area (Å²) in [6, 6.07) is 5.97. The van der Waals surface area contributed by atoms with E-state index in [4.69, 9.17) is 16.3 Å². The molecular weight excluding hydrogens is 638 g/mol. The van der Waals surface area contributed by atoms with Crippen molar-refractivity contribution in [2.45, 2.75) is 62.2 Å². The van der Waals surface area contributed by atoms with Crippen LogP contribution in [0.1, 0.15) is 80.0 Å². The van der Waals surface area contributed by atoms with E-state index in [1.165, 1.54) is 11.1 Å². The van der Waals surface area contributed by atoms with Gasteiger partial charge in [0.15, 0.2) is 0 Å². The summed E-state index contributed by atoms with van der Waals surface area (Å²) in [5.41, 5.74) is 15.3. The molecule has 0 atom stereocenters. The topological polar surface area (TPSA) is 138 Å². The number of fused-ring (bicyclic) bond motifs is 12. The summed E-state index contributed by atoms with van der Waals surface area (Å²) in [5.74, 6) is 0.851. The lowest BCUT2D eigenvalue weighted by molar-refractivity contribution is 0.0928. The van der Waals surface area contributed by atoms with E-state index in [-0.39, 0.29) is 22.6 Å². The number of ether oxygens (including phenoxy) is 1. The van der Waals surface area contributed by atoms with Crippen LogP contribution in [0.25, 0.3) is 33.8 Å². The molecule has 4 N–H and O–H groups in total. The molecule has 2 spiro atoms. The third kappa shape index (κ3) is 4.35.